The van der Waals surface area contributed by atoms with Crippen molar-refractivity contribution < 1.29 is 18.3 Å². The number of nitriles is 1. The molecule has 0 spiro atoms. The first kappa shape index (κ1) is 17.2. The molecule has 0 amide bonds. The van der Waals surface area contributed by atoms with E-state index >= 15 is 0 Å². The fraction of sp³-hybridized carbons (Fsp3) is 0.917. The fourth-order valence-electron chi connectivity index (χ4n) is 1.62. The number of hydrogen-bond acceptors (Lipinski definition) is 3. The Morgan fingerprint density at radius 1 is 1.17 bits per heavy atom. The Hall–Kier alpha value is -0.800. The normalized spacial score (nSPS) is 12.8. The molecule has 0 fully saturated rings. The van der Waals surface area contributed by atoms with E-state index in [1.807, 2.05) is 13.8 Å². The van der Waals surface area contributed by atoms with Gasteiger partial charge >= 0.3 is 6.18 Å². The maximum Gasteiger partial charge on any atom is 0.401 e. The summed E-state index contributed by atoms with van der Waals surface area (Å²) in [6.07, 6.45) is -2.26. The maximum absolute atomic E-state index is 12.2. The lowest BCUT2D eigenvalue weighted by atomic mass is 9.89. The van der Waals surface area contributed by atoms with Gasteiger partial charge in [0.25, 0.3) is 0 Å². The summed E-state index contributed by atoms with van der Waals surface area (Å²) in [4.78, 5) is 1.19. The van der Waals surface area contributed by atoms with Gasteiger partial charge in [0.2, 0.25) is 0 Å². The molecule has 18 heavy (non-hydrogen) atoms. The topological polar surface area (TPSA) is 47.3 Å². The highest BCUT2D eigenvalue weighted by atomic mass is 19.4. The van der Waals surface area contributed by atoms with E-state index in [9.17, 15) is 13.2 Å². The van der Waals surface area contributed by atoms with Gasteiger partial charge < -0.3 is 5.11 Å². The molecule has 0 bridgehead atoms. The van der Waals surface area contributed by atoms with Crippen LogP contribution in [-0.4, -0.2) is 42.4 Å². The number of aliphatic hydroxyl groups excluding tert-OH is 1. The highest BCUT2D eigenvalue weighted by molar-refractivity contribution is 4.91. The molecular weight excluding hydrogens is 245 g/mol. The van der Waals surface area contributed by atoms with Gasteiger partial charge in [-0.15, -0.1) is 0 Å². The average Bonchev–Trinajstić information content (AvgIpc) is 2.22. The van der Waals surface area contributed by atoms with Crippen LogP contribution >= 0.6 is 0 Å². The summed E-state index contributed by atoms with van der Waals surface area (Å²) in [6, 6.07) is 2.16. The zero-order valence-corrected chi connectivity index (χ0v) is 10.9. The van der Waals surface area contributed by atoms with Gasteiger partial charge in [0.15, 0.2) is 0 Å². The third kappa shape index (κ3) is 9.25. The van der Waals surface area contributed by atoms with Crippen molar-refractivity contribution >= 4 is 0 Å². The van der Waals surface area contributed by atoms with Crippen molar-refractivity contribution in [3.05, 3.63) is 0 Å². The lowest BCUT2D eigenvalue weighted by Crippen LogP contribution is -2.36. The number of aliphatic hydroxyl groups is 1. The van der Waals surface area contributed by atoms with E-state index < -0.39 is 18.1 Å². The highest BCUT2D eigenvalue weighted by Gasteiger charge is 2.30. The molecule has 0 radical (unpaired) electrons. The Morgan fingerprint density at radius 3 is 2.22 bits per heavy atom. The standard InChI is InChI=1S/C12H21F3N2O/c1-11(2,9-16)5-3-4-6-17(7-8-18)10-12(13,14)15/h18H,3-8,10H2,1-2H3. The monoisotopic (exact) mass is 266 g/mol. The van der Waals surface area contributed by atoms with Crippen LogP contribution in [0.4, 0.5) is 13.2 Å². The second kappa shape index (κ2) is 7.59. The van der Waals surface area contributed by atoms with Gasteiger partial charge in [-0.25, -0.2) is 0 Å². The lowest BCUT2D eigenvalue weighted by molar-refractivity contribution is -0.146. The van der Waals surface area contributed by atoms with Crippen LogP contribution in [0.25, 0.3) is 0 Å². The van der Waals surface area contributed by atoms with Crippen LogP contribution in [0.1, 0.15) is 33.1 Å². The number of rotatable bonds is 8. The highest BCUT2D eigenvalue weighted by Crippen LogP contribution is 2.22. The van der Waals surface area contributed by atoms with Gasteiger partial charge in [0.05, 0.1) is 24.6 Å². The molecule has 1 N–H and O–H groups in total. The molecule has 0 aliphatic heterocycles. The van der Waals surface area contributed by atoms with E-state index in [0.29, 0.717) is 25.8 Å². The van der Waals surface area contributed by atoms with Crippen molar-refractivity contribution in [3.8, 4) is 6.07 Å². The van der Waals surface area contributed by atoms with E-state index in [-0.39, 0.29) is 13.2 Å². The minimum atomic E-state index is -4.24. The van der Waals surface area contributed by atoms with Crippen LogP contribution in [0.15, 0.2) is 0 Å². The van der Waals surface area contributed by atoms with Gasteiger partial charge in [-0.3, -0.25) is 4.90 Å². The molecule has 0 saturated carbocycles. The van der Waals surface area contributed by atoms with Crippen LogP contribution in [0, 0.1) is 16.7 Å². The van der Waals surface area contributed by atoms with Gasteiger partial charge in [0.1, 0.15) is 0 Å². The van der Waals surface area contributed by atoms with Crippen LogP contribution < -0.4 is 0 Å². The van der Waals surface area contributed by atoms with E-state index in [1.165, 1.54) is 4.90 Å². The van der Waals surface area contributed by atoms with Gasteiger partial charge in [-0.05, 0) is 33.2 Å². The molecular formula is C12H21F3N2O. The number of unbranched alkanes of at least 4 members (excludes halogenated alkanes) is 1. The molecule has 106 valence electrons. The number of halogens is 3. The van der Waals surface area contributed by atoms with Crippen molar-refractivity contribution in [1.82, 2.24) is 4.90 Å². The van der Waals surface area contributed by atoms with Crippen molar-refractivity contribution in [2.45, 2.75) is 39.3 Å². The second-order valence-corrected chi connectivity index (χ2v) is 5.07. The quantitative estimate of drug-likeness (QED) is 0.687. The molecule has 0 aromatic heterocycles. The smallest absolute Gasteiger partial charge is 0.395 e. The predicted molar refractivity (Wildman–Crippen MR) is 62.8 cm³/mol. The molecule has 0 aromatic carbocycles. The van der Waals surface area contributed by atoms with Crippen LogP contribution in [0.5, 0.6) is 0 Å². The van der Waals surface area contributed by atoms with E-state index in [2.05, 4.69) is 6.07 Å². The first-order valence-corrected chi connectivity index (χ1v) is 6.01. The van der Waals surface area contributed by atoms with Gasteiger partial charge in [0, 0.05) is 6.54 Å². The van der Waals surface area contributed by atoms with Crippen LogP contribution in [-0.2, 0) is 0 Å². The fourth-order valence-corrected chi connectivity index (χ4v) is 1.62. The molecule has 0 heterocycles. The first-order valence-electron chi connectivity index (χ1n) is 6.01. The van der Waals surface area contributed by atoms with E-state index in [4.69, 9.17) is 10.4 Å². The van der Waals surface area contributed by atoms with Crippen LogP contribution in [0.2, 0.25) is 0 Å². The molecule has 6 heteroatoms. The Bertz CT molecular complexity index is 271. The van der Waals surface area contributed by atoms with Crippen LogP contribution in [0.3, 0.4) is 0 Å². The zero-order valence-electron chi connectivity index (χ0n) is 10.9. The predicted octanol–water partition coefficient (Wildman–Crippen LogP) is 2.56. The summed E-state index contributed by atoms with van der Waals surface area (Å²) in [7, 11) is 0. The van der Waals surface area contributed by atoms with Crippen molar-refractivity contribution in [2.24, 2.45) is 5.41 Å². The number of hydrogen-bond donors (Lipinski definition) is 1. The zero-order chi connectivity index (χ0) is 14.2. The van der Waals surface area contributed by atoms with Gasteiger partial charge in [-0.2, -0.15) is 18.4 Å². The molecule has 0 atom stereocenters. The summed E-state index contributed by atoms with van der Waals surface area (Å²) in [5.41, 5.74) is -0.425. The minimum absolute atomic E-state index is 0.0289. The van der Waals surface area contributed by atoms with E-state index in [0.717, 1.165) is 0 Å². The summed E-state index contributed by atoms with van der Waals surface area (Å²) >= 11 is 0. The summed E-state index contributed by atoms with van der Waals surface area (Å²) < 4.78 is 36.6. The summed E-state index contributed by atoms with van der Waals surface area (Å²) in [6.45, 7) is 2.68. The minimum Gasteiger partial charge on any atom is -0.395 e. The molecule has 0 saturated heterocycles. The van der Waals surface area contributed by atoms with Crippen molar-refractivity contribution in [3.63, 3.8) is 0 Å². The largest absolute Gasteiger partial charge is 0.401 e. The molecule has 3 nitrogen and oxygen atoms in total. The van der Waals surface area contributed by atoms with Crippen molar-refractivity contribution in [1.29, 1.82) is 5.26 Å². The first-order chi connectivity index (χ1) is 8.20. The molecule has 0 aliphatic carbocycles. The Kier molecular flexibility index (Phi) is 7.26. The molecule has 0 unspecified atom stereocenters. The molecule has 0 rings (SSSR count). The van der Waals surface area contributed by atoms with Gasteiger partial charge in [-0.1, -0.05) is 6.42 Å². The van der Waals surface area contributed by atoms with Crippen molar-refractivity contribution in [2.75, 3.05) is 26.2 Å². The second-order valence-electron chi connectivity index (χ2n) is 5.07. The average molecular weight is 266 g/mol. The van der Waals surface area contributed by atoms with E-state index in [1.54, 1.807) is 0 Å². The third-order valence-corrected chi connectivity index (χ3v) is 2.65. The maximum atomic E-state index is 12.2. The third-order valence-electron chi connectivity index (χ3n) is 2.65. The SMILES string of the molecule is CC(C)(C#N)CCCCN(CCO)CC(F)(F)F. The molecule has 0 aliphatic rings. The Labute approximate surface area is 106 Å². The number of nitrogens with zero attached hydrogens (tertiary/aromatic N) is 2. The summed E-state index contributed by atoms with van der Waals surface area (Å²) in [5.74, 6) is 0. The Balaban J connectivity index is 3.95. The Morgan fingerprint density at radius 2 is 1.78 bits per heavy atom. The number of alkyl halides is 3. The lowest BCUT2D eigenvalue weighted by Gasteiger charge is -2.23. The summed E-state index contributed by atoms with van der Waals surface area (Å²) in [5, 5.41) is 17.5. The molecule has 0 aromatic rings.